The molecule has 0 spiro atoms. The molecule has 7 heteroatoms. The first-order chi connectivity index (χ1) is 13.5. The minimum atomic E-state index is 0.104. The first-order valence-corrected chi connectivity index (χ1v) is 9.84. The van der Waals surface area contributed by atoms with Crippen LogP contribution >= 0.6 is 23.2 Å². The molecule has 0 aliphatic carbocycles. The quantitative estimate of drug-likeness (QED) is 0.637. The third-order valence-electron chi connectivity index (χ3n) is 4.99. The van der Waals surface area contributed by atoms with Gasteiger partial charge in [0.1, 0.15) is 5.82 Å². The summed E-state index contributed by atoms with van der Waals surface area (Å²) in [5, 5.41) is 1.04. The van der Waals surface area contributed by atoms with Gasteiger partial charge in [-0.2, -0.15) is 0 Å². The zero-order chi connectivity index (χ0) is 19.7. The molecule has 1 amide bonds. The maximum Gasteiger partial charge on any atom is 0.242 e. The van der Waals surface area contributed by atoms with Gasteiger partial charge in [0, 0.05) is 43.4 Å². The van der Waals surface area contributed by atoms with E-state index in [0.717, 1.165) is 29.3 Å². The molecule has 0 N–H and O–H groups in total. The molecule has 1 aliphatic rings. The van der Waals surface area contributed by atoms with E-state index in [4.69, 9.17) is 23.2 Å². The number of hydrogen-bond donors (Lipinski definition) is 0. The van der Waals surface area contributed by atoms with Crippen molar-refractivity contribution in [2.24, 2.45) is 0 Å². The molecule has 1 aliphatic heterocycles. The summed E-state index contributed by atoms with van der Waals surface area (Å²) >= 11 is 12.0. The molecule has 1 saturated heterocycles. The normalized spacial score (nSPS) is 14.6. The number of aryl methyl sites for hydroxylation is 1. The van der Waals surface area contributed by atoms with Crippen LogP contribution in [0.1, 0.15) is 11.4 Å². The van der Waals surface area contributed by atoms with Gasteiger partial charge in [0.15, 0.2) is 0 Å². The number of carbonyl (C=O) groups is 1. The number of halogens is 2. The smallest absolute Gasteiger partial charge is 0.242 e. The van der Waals surface area contributed by atoms with Crippen LogP contribution < -0.4 is 4.90 Å². The van der Waals surface area contributed by atoms with E-state index in [2.05, 4.69) is 34.1 Å². The van der Waals surface area contributed by atoms with Crippen molar-refractivity contribution in [3.8, 4) is 5.69 Å². The topological polar surface area (TPSA) is 41.4 Å². The van der Waals surface area contributed by atoms with E-state index in [1.165, 1.54) is 0 Å². The number of hydrogen-bond acceptors (Lipinski definition) is 3. The largest absolute Gasteiger partial charge is 0.360 e. The fraction of sp³-hybridized carbons (Fsp3) is 0.238. The molecule has 5 nitrogen and oxygen atoms in total. The van der Waals surface area contributed by atoms with E-state index in [-0.39, 0.29) is 5.91 Å². The highest BCUT2D eigenvalue weighted by Crippen LogP contribution is 2.24. The van der Waals surface area contributed by atoms with Crippen molar-refractivity contribution in [3.05, 3.63) is 76.3 Å². The molecule has 144 valence electrons. The predicted molar refractivity (Wildman–Crippen MR) is 112 cm³/mol. The number of piperazine rings is 1. The van der Waals surface area contributed by atoms with Gasteiger partial charge in [0.05, 0.1) is 16.6 Å². The molecule has 28 heavy (non-hydrogen) atoms. The summed E-state index contributed by atoms with van der Waals surface area (Å²) in [7, 11) is 0. The fourth-order valence-electron chi connectivity index (χ4n) is 3.43. The van der Waals surface area contributed by atoms with E-state index in [0.29, 0.717) is 29.7 Å². The van der Waals surface area contributed by atoms with Crippen LogP contribution in [0.3, 0.4) is 0 Å². The Balaban J connectivity index is 1.41. The number of anilines is 1. The predicted octanol–water partition coefficient (Wildman–Crippen LogP) is 4.34. The maximum absolute atomic E-state index is 12.6. The van der Waals surface area contributed by atoms with E-state index < -0.39 is 0 Å². The third kappa shape index (κ3) is 3.86. The molecular weight excluding hydrogens is 395 g/mol. The summed E-state index contributed by atoms with van der Waals surface area (Å²) in [5.41, 5.74) is 3.09. The second-order valence-corrected chi connectivity index (χ2v) is 7.66. The lowest BCUT2D eigenvalue weighted by Crippen LogP contribution is -2.50. The molecule has 2 heterocycles. The van der Waals surface area contributed by atoms with Crippen molar-refractivity contribution < 1.29 is 4.79 Å². The Morgan fingerprint density at radius 2 is 1.75 bits per heavy atom. The van der Waals surface area contributed by atoms with Crippen LogP contribution in [-0.2, 0) is 11.3 Å². The average Bonchev–Trinajstić information content (AvgIpc) is 3.12. The molecule has 3 aromatic rings. The van der Waals surface area contributed by atoms with Gasteiger partial charge in [-0.15, -0.1) is 0 Å². The number of carbonyl (C=O) groups excluding carboxylic acids is 1. The Morgan fingerprint density at radius 3 is 2.39 bits per heavy atom. The SMILES string of the molecule is Cc1nccn1-c1ccc(N2CCN(Cc3ccc(Cl)c(Cl)c3)C(=O)C2)cc1. The molecule has 0 saturated carbocycles. The van der Waals surface area contributed by atoms with E-state index in [1.54, 1.807) is 12.3 Å². The Morgan fingerprint density at radius 1 is 1.00 bits per heavy atom. The van der Waals surface area contributed by atoms with Gasteiger partial charge >= 0.3 is 0 Å². The van der Waals surface area contributed by atoms with Crippen LogP contribution in [0.5, 0.6) is 0 Å². The Bertz CT molecular complexity index is 1000. The number of imidazole rings is 1. The Kier molecular flexibility index (Phi) is 5.29. The zero-order valence-corrected chi connectivity index (χ0v) is 17.0. The van der Waals surface area contributed by atoms with Crippen LogP contribution in [0.15, 0.2) is 54.9 Å². The second-order valence-electron chi connectivity index (χ2n) is 6.85. The van der Waals surface area contributed by atoms with Gasteiger partial charge in [-0.1, -0.05) is 29.3 Å². The van der Waals surface area contributed by atoms with Crippen molar-refractivity contribution in [2.75, 3.05) is 24.5 Å². The second kappa shape index (κ2) is 7.86. The summed E-state index contributed by atoms with van der Waals surface area (Å²) in [5.74, 6) is 1.05. The van der Waals surface area contributed by atoms with Gasteiger partial charge < -0.3 is 14.4 Å². The van der Waals surface area contributed by atoms with Crippen molar-refractivity contribution in [1.29, 1.82) is 0 Å². The van der Waals surface area contributed by atoms with Crippen molar-refractivity contribution >= 4 is 34.8 Å². The first-order valence-electron chi connectivity index (χ1n) is 9.08. The molecular formula is C21H20Cl2N4O. The van der Waals surface area contributed by atoms with Gasteiger partial charge in [-0.05, 0) is 48.9 Å². The van der Waals surface area contributed by atoms with Crippen molar-refractivity contribution in [2.45, 2.75) is 13.5 Å². The molecule has 1 fully saturated rings. The van der Waals surface area contributed by atoms with Crippen LogP contribution in [-0.4, -0.2) is 40.0 Å². The van der Waals surface area contributed by atoms with Crippen LogP contribution in [0.4, 0.5) is 5.69 Å². The van der Waals surface area contributed by atoms with E-state index >= 15 is 0 Å². The van der Waals surface area contributed by atoms with Gasteiger partial charge in [0.2, 0.25) is 5.91 Å². The number of benzene rings is 2. The van der Waals surface area contributed by atoms with E-state index in [9.17, 15) is 4.79 Å². The van der Waals surface area contributed by atoms with Crippen LogP contribution in [0.2, 0.25) is 10.0 Å². The maximum atomic E-state index is 12.6. The summed E-state index contributed by atoms with van der Waals surface area (Å²) in [6.07, 6.45) is 3.73. The molecule has 2 aromatic carbocycles. The molecule has 0 bridgehead atoms. The Labute approximate surface area is 174 Å². The van der Waals surface area contributed by atoms with Crippen molar-refractivity contribution in [3.63, 3.8) is 0 Å². The third-order valence-corrected chi connectivity index (χ3v) is 5.73. The lowest BCUT2D eigenvalue weighted by atomic mass is 10.1. The fourth-order valence-corrected chi connectivity index (χ4v) is 3.75. The summed E-state index contributed by atoms with van der Waals surface area (Å²) < 4.78 is 2.03. The van der Waals surface area contributed by atoms with Gasteiger partial charge in [-0.25, -0.2) is 4.98 Å². The molecule has 0 atom stereocenters. The zero-order valence-electron chi connectivity index (χ0n) is 15.5. The number of amides is 1. The molecule has 0 unspecified atom stereocenters. The monoisotopic (exact) mass is 414 g/mol. The molecule has 1 aromatic heterocycles. The van der Waals surface area contributed by atoms with E-state index in [1.807, 2.05) is 34.7 Å². The summed E-state index contributed by atoms with van der Waals surface area (Å²) in [4.78, 5) is 20.9. The number of rotatable bonds is 4. The first kappa shape index (κ1) is 18.8. The standard InChI is InChI=1S/C21H20Cl2N4O/c1-15-24-8-9-27(15)18-5-3-17(4-6-18)25-10-11-26(21(28)14-25)13-16-2-7-19(22)20(23)12-16/h2-9,12H,10-11,13-14H2,1H3. The number of nitrogens with zero attached hydrogens (tertiary/aromatic N) is 4. The van der Waals surface area contributed by atoms with Gasteiger partial charge in [0.25, 0.3) is 0 Å². The number of aromatic nitrogens is 2. The van der Waals surface area contributed by atoms with Gasteiger partial charge in [-0.3, -0.25) is 4.79 Å². The lowest BCUT2D eigenvalue weighted by molar-refractivity contribution is -0.131. The van der Waals surface area contributed by atoms with Crippen LogP contribution in [0.25, 0.3) is 5.69 Å². The average molecular weight is 415 g/mol. The molecule has 0 radical (unpaired) electrons. The van der Waals surface area contributed by atoms with Crippen LogP contribution in [0, 0.1) is 6.92 Å². The highest BCUT2D eigenvalue weighted by molar-refractivity contribution is 6.42. The summed E-state index contributed by atoms with van der Waals surface area (Å²) in [6, 6.07) is 13.7. The highest BCUT2D eigenvalue weighted by atomic mass is 35.5. The Hall–Kier alpha value is -2.50. The highest BCUT2D eigenvalue weighted by Gasteiger charge is 2.24. The summed E-state index contributed by atoms with van der Waals surface area (Å²) in [6.45, 7) is 4.34. The minimum Gasteiger partial charge on any atom is -0.360 e. The minimum absolute atomic E-state index is 0.104. The molecule has 4 rings (SSSR count). The van der Waals surface area contributed by atoms with Crippen molar-refractivity contribution in [1.82, 2.24) is 14.5 Å². The lowest BCUT2D eigenvalue weighted by Gasteiger charge is -2.35.